The average Bonchev–Trinajstić information content (AvgIpc) is 2.59. The normalized spacial score (nSPS) is 15.2. The molecule has 0 radical (unpaired) electrons. The summed E-state index contributed by atoms with van der Waals surface area (Å²) in [6, 6.07) is 18.6. The number of fused-ring (bicyclic) bond motifs is 1. The minimum Gasteiger partial charge on any atom is -0.311 e. The number of rotatable bonds is 4. The van der Waals surface area contributed by atoms with Crippen LogP contribution in [0.15, 0.2) is 54.6 Å². The van der Waals surface area contributed by atoms with Crippen LogP contribution in [0.1, 0.15) is 30.5 Å². The van der Waals surface area contributed by atoms with Gasteiger partial charge in [-0.3, -0.25) is 4.79 Å². The Morgan fingerprint density at radius 3 is 2.68 bits per heavy atom. The zero-order valence-electron chi connectivity index (χ0n) is 13.0. The fourth-order valence-corrected chi connectivity index (χ4v) is 2.99. The van der Waals surface area contributed by atoms with Gasteiger partial charge in [-0.1, -0.05) is 48.5 Å². The summed E-state index contributed by atoms with van der Waals surface area (Å²) in [5.74, 6) is 0.148. The molecule has 0 saturated heterocycles. The molecule has 0 aliphatic carbocycles. The summed E-state index contributed by atoms with van der Waals surface area (Å²) >= 11 is 0. The van der Waals surface area contributed by atoms with Crippen LogP contribution in [0.3, 0.4) is 0 Å². The van der Waals surface area contributed by atoms with Gasteiger partial charge in [-0.25, -0.2) is 0 Å². The van der Waals surface area contributed by atoms with E-state index in [9.17, 15) is 4.79 Å². The highest BCUT2D eigenvalue weighted by Gasteiger charge is 2.22. The van der Waals surface area contributed by atoms with Crippen molar-refractivity contribution < 1.29 is 4.79 Å². The number of carbonyl (C=O) groups excluding carboxylic acids is 1. The largest absolute Gasteiger partial charge is 0.311 e. The Balaban J connectivity index is 1.64. The molecule has 1 aliphatic heterocycles. The van der Waals surface area contributed by atoms with Gasteiger partial charge in [-0.05, 0) is 37.0 Å². The lowest BCUT2D eigenvalue weighted by molar-refractivity contribution is -0.118. The van der Waals surface area contributed by atoms with Crippen LogP contribution < -0.4 is 10.2 Å². The molecule has 0 aromatic heterocycles. The first-order valence-electron chi connectivity index (χ1n) is 7.92. The number of hydrogen-bond acceptors (Lipinski definition) is 2. The molecule has 3 nitrogen and oxygen atoms in total. The lowest BCUT2D eigenvalue weighted by Gasteiger charge is -2.30. The number of amides is 1. The maximum absolute atomic E-state index is 12.6. The summed E-state index contributed by atoms with van der Waals surface area (Å²) in [7, 11) is 0. The SMILES string of the molecule is C[C@@H](NCC(=O)N1CCCc2ccccc21)c1ccccc1. The zero-order valence-corrected chi connectivity index (χ0v) is 13.0. The van der Waals surface area contributed by atoms with Gasteiger partial charge in [0.15, 0.2) is 0 Å². The van der Waals surface area contributed by atoms with Crippen molar-refractivity contribution in [1.82, 2.24) is 5.32 Å². The highest BCUT2D eigenvalue weighted by atomic mass is 16.2. The molecule has 2 aromatic carbocycles. The Labute approximate surface area is 132 Å². The third kappa shape index (κ3) is 3.20. The van der Waals surface area contributed by atoms with Gasteiger partial charge >= 0.3 is 0 Å². The zero-order chi connectivity index (χ0) is 15.4. The smallest absolute Gasteiger partial charge is 0.240 e. The molecule has 0 fully saturated rings. The van der Waals surface area contributed by atoms with Crippen LogP contribution in [0, 0.1) is 0 Å². The van der Waals surface area contributed by atoms with E-state index in [0.29, 0.717) is 6.54 Å². The van der Waals surface area contributed by atoms with Crippen molar-refractivity contribution >= 4 is 11.6 Å². The predicted molar refractivity (Wildman–Crippen MR) is 90.0 cm³/mol. The Bertz CT molecular complexity index is 639. The van der Waals surface area contributed by atoms with Gasteiger partial charge in [-0.15, -0.1) is 0 Å². The van der Waals surface area contributed by atoms with Gasteiger partial charge in [0.2, 0.25) is 5.91 Å². The van der Waals surface area contributed by atoms with Crippen molar-refractivity contribution in [3.8, 4) is 0 Å². The van der Waals surface area contributed by atoms with E-state index >= 15 is 0 Å². The molecule has 0 saturated carbocycles. The molecule has 1 atom stereocenters. The van der Waals surface area contributed by atoms with Crippen molar-refractivity contribution in [2.24, 2.45) is 0 Å². The minimum atomic E-state index is 0.148. The molecule has 114 valence electrons. The molecule has 1 heterocycles. The Kier molecular flexibility index (Phi) is 4.54. The quantitative estimate of drug-likeness (QED) is 0.938. The molecule has 1 amide bonds. The summed E-state index contributed by atoms with van der Waals surface area (Å²) in [6.07, 6.45) is 2.10. The summed E-state index contributed by atoms with van der Waals surface area (Å²) in [4.78, 5) is 14.5. The molecule has 3 heteroatoms. The number of benzene rings is 2. The van der Waals surface area contributed by atoms with Gasteiger partial charge in [0, 0.05) is 18.3 Å². The molecule has 0 spiro atoms. The summed E-state index contributed by atoms with van der Waals surface area (Å²) < 4.78 is 0. The van der Waals surface area contributed by atoms with Crippen LogP contribution in [0.5, 0.6) is 0 Å². The van der Waals surface area contributed by atoms with Crippen LogP contribution in [0.25, 0.3) is 0 Å². The van der Waals surface area contributed by atoms with E-state index < -0.39 is 0 Å². The summed E-state index contributed by atoms with van der Waals surface area (Å²) in [6.45, 7) is 3.27. The molecule has 1 aliphatic rings. The van der Waals surface area contributed by atoms with Crippen LogP contribution in [0.2, 0.25) is 0 Å². The Morgan fingerprint density at radius 1 is 1.14 bits per heavy atom. The van der Waals surface area contributed by atoms with Gasteiger partial charge in [0.05, 0.1) is 6.54 Å². The van der Waals surface area contributed by atoms with Gasteiger partial charge in [-0.2, -0.15) is 0 Å². The van der Waals surface area contributed by atoms with Crippen LogP contribution in [-0.2, 0) is 11.2 Å². The van der Waals surface area contributed by atoms with E-state index in [2.05, 4.69) is 30.4 Å². The van der Waals surface area contributed by atoms with Crippen molar-refractivity contribution in [3.05, 3.63) is 65.7 Å². The Morgan fingerprint density at radius 2 is 1.86 bits per heavy atom. The van der Waals surface area contributed by atoms with E-state index in [4.69, 9.17) is 0 Å². The fourth-order valence-electron chi connectivity index (χ4n) is 2.99. The number of aryl methyl sites for hydroxylation is 1. The lowest BCUT2D eigenvalue weighted by atomic mass is 10.0. The first kappa shape index (κ1) is 14.8. The first-order valence-corrected chi connectivity index (χ1v) is 7.92. The number of nitrogens with one attached hydrogen (secondary N) is 1. The van der Waals surface area contributed by atoms with E-state index in [1.165, 1.54) is 11.1 Å². The number of para-hydroxylation sites is 1. The highest BCUT2D eigenvalue weighted by molar-refractivity contribution is 5.95. The second-order valence-electron chi connectivity index (χ2n) is 5.79. The van der Waals surface area contributed by atoms with E-state index in [1.54, 1.807) is 0 Å². The monoisotopic (exact) mass is 294 g/mol. The molecule has 2 aromatic rings. The highest BCUT2D eigenvalue weighted by Crippen LogP contribution is 2.26. The predicted octanol–water partition coefficient (Wildman–Crippen LogP) is 3.32. The third-order valence-electron chi connectivity index (χ3n) is 4.27. The first-order chi connectivity index (χ1) is 10.8. The topological polar surface area (TPSA) is 32.3 Å². The van der Waals surface area contributed by atoms with E-state index in [1.807, 2.05) is 41.3 Å². The molecule has 3 rings (SSSR count). The molecule has 1 N–H and O–H groups in total. The molecular formula is C19H22N2O. The van der Waals surface area contributed by atoms with Crippen molar-refractivity contribution in [3.63, 3.8) is 0 Å². The fraction of sp³-hybridized carbons (Fsp3) is 0.316. The van der Waals surface area contributed by atoms with Gasteiger partial charge < -0.3 is 10.2 Å². The van der Waals surface area contributed by atoms with Crippen LogP contribution >= 0.6 is 0 Å². The second kappa shape index (κ2) is 6.75. The van der Waals surface area contributed by atoms with Gasteiger partial charge in [0.1, 0.15) is 0 Å². The van der Waals surface area contributed by atoms with Crippen molar-refractivity contribution in [2.45, 2.75) is 25.8 Å². The van der Waals surface area contributed by atoms with Crippen molar-refractivity contribution in [1.29, 1.82) is 0 Å². The maximum atomic E-state index is 12.6. The molecule has 0 bridgehead atoms. The lowest BCUT2D eigenvalue weighted by Crippen LogP contribution is -2.41. The van der Waals surface area contributed by atoms with Crippen molar-refractivity contribution in [2.75, 3.05) is 18.0 Å². The third-order valence-corrected chi connectivity index (χ3v) is 4.27. The van der Waals surface area contributed by atoms with Crippen LogP contribution in [0.4, 0.5) is 5.69 Å². The maximum Gasteiger partial charge on any atom is 0.240 e. The molecule has 0 unspecified atom stereocenters. The van der Waals surface area contributed by atoms with E-state index in [-0.39, 0.29) is 11.9 Å². The second-order valence-corrected chi connectivity index (χ2v) is 5.79. The number of carbonyl (C=O) groups is 1. The molecule has 22 heavy (non-hydrogen) atoms. The van der Waals surface area contributed by atoms with Crippen LogP contribution in [-0.4, -0.2) is 19.0 Å². The van der Waals surface area contributed by atoms with Gasteiger partial charge in [0.25, 0.3) is 0 Å². The Hall–Kier alpha value is -2.13. The molecular weight excluding hydrogens is 272 g/mol. The van der Waals surface area contributed by atoms with E-state index in [0.717, 1.165) is 25.1 Å². The average molecular weight is 294 g/mol. The number of hydrogen-bond donors (Lipinski definition) is 1. The number of nitrogens with zero attached hydrogens (tertiary/aromatic N) is 1. The summed E-state index contributed by atoms with van der Waals surface area (Å²) in [5, 5.41) is 3.34. The standard InChI is InChI=1S/C19H22N2O/c1-15(16-8-3-2-4-9-16)20-14-19(22)21-13-7-11-17-10-5-6-12-18(17)21/h2-6,8-10,12,15,20H,7,11,13-14H2,1H3/t15-/m1/s1. The summed E-state index contributed by atoms with van der Waals surface area (Å²) in [5.41, 5.74) is 3.56. The number of anilines is 1. The minimum absolute atomic E-state index is 0.148.